The zero-order chi connectivity index (χ0) is 22.9. The van der Waals surface area contributed by atoms with Gasteiger partial charge in [-0.2, -0.15) is 0 Å². The zero-order valence-electron chi connectivity index (χ0n) is 18.6. The van der Waals surface area contributed by atoms with Gasteiger partial charge in [0, 0.05) is 30.0 Å². The van der Waals surface area contributed by atoms with Crippen molar-refractivity contribution in [2.45, 2.75) is 25.7 Å². The molecule has 0 aromatic heterocycles. The fourth-order valence-electron chi connectivity index (χ4n) is 3.81. The molecule has 0 atom stereocenters. The number of hydrogen-bond donors (Lipinski definition) is 2. The molecule has 6 nitrogen and oxygen atoms in total. The van der Waals surface area contributed by atoms with Crippen molar-refractivity contribution in [1.29, 1.82) is 0 Å². The van der Waals surface area contributed by atoms with Crippen LogP contribution < -0.4 is 15.4 Å². The first-order valence-electron chi connectivity index (χ1n) is 11.4. The number of hydrogen-bond acceptors (Lipinski definition) is 4. The van der Waals surface area contributed by atoms with Crippen LogP contribution in [-0.2, 0) is 4.79 Å². The lowest BCUT2D eigenvalue weighted by molar-refractivity contribution is -0.114. The van der Waals surface area contributed by atoms with Crippen LogP contribution in [-0.4, -0.2) is 36.3 Å². The zero-order valence-corrected chi connectivity index (χ0v) is 18.6. The predicted molar refractivity (Wildman–Crippen MR) is 131 cm³/mol. The van der Waals surface area contributed by atoms with Crippen molar-refractivity contribution in [3.8, 4) is 11.5 Å². The molecule has 2 amide bonds. The average Bonchev–Trinajstić information content (AvgIpc) is 3.14. The highest BCUT2D eigenvalue weighted by atomic mass is 16.5. The Kier molecular flexibility index (Phi) is 7.59. The molecule has 0 spiro atoms. The summed E-state index contributed by atoms with van der Waals surface area (Å²) in [4.78, 5) is 26.9. The van der Waals surface area contributed by atoms with Crippen molar-refractivity contribution in [3.05, 3.63) is 84.4 Å². The van der Waals surface area contributed by atoms with Crippen LogP contribution in [0, 0.1) is 0 Å². The number of para-hydroxylation sites is 1. The number of likely N-dealkylation sites (tertiary alicyclic amines) is 1. The monoisotopic (exact) mass is 443 g/mol. The third-order valence-corrected chi connectivity index (χ3v) is 5.60. The average molecular weight is 444 g/mol. The Morgan fingerprint density at radius 1 is 0.727 bits per heavy atom. The van der Waals surface area contributed by atoms with Crippen LogP contribution in [0.15, 0.2) is 78.9 Å². The number of benzene rings is 3. The Balaban J connectivity index is 1.24. The van der Waals surface area contributed by atoms with Crippen LogP contribution in [0.25, 0.3) is 0 Å². The smallest absolute Gasteiger partial charge is 0.253 e. The summed E-state index contributed by atoms with van der Waals surface area (Å²) in [6, 6.07) is 24.1. The second-order valence-corrected chi connectivity index (χ2v) is 8.12. The summed E-state index contributed by atoms with van der Waals surface area (Å²) < 4.78 is 5.78. The highest BCUT2D eigenvalue weighted by molar-refractivity contribution is 5.96. The predicted octanol–water partition coefficient (Wildman–Crippen LogP) is 5.55. The molecule has 3 aromatic carbocycles. The summed E-state index contributed by atoms with van der Waals surface area (Å²) in [6.07, 6.45) is 4.51. The second kappa shape index (κ2) is 11.2. The Hall–Kier alpha value is -3.80. The number of nitrogens with one attached hydrogen (secondary N) is 2. The van der Waals surface area contributed by atoms with Gasteiger partial charge in [0.15, 0.2) is 0 Å². The van der Waals surface area contributed by atoms with Gasteiger partial charge in [0.25, 0.3) is 5.91 Å². The van der Waals surface area contributed by atoms with Gasteiger partial charge in [0.05, 0.1) is 6.54 Å². The standard InChI is InChI=1S/C27H29N3O3/c31-26(20-28-22-14-16-25(17-15-22)33-24-8-4-3-5-9-24)29-23-12-10-21(11-13-23)27(32)30-18-6-1-2-7-19-30/h3-5,8-17,28H,1-2,6-7,18-20H2,(H,29,31). The molecule has 3 aromatic rings. The minimum absolute atomic E-state index is 0.0659. The van der Waals surface area contributed by atoms with Crippen LogP contribution >= 0.6 is 0 Å². The number of rotatable bonds is 7. The molecule has 1 fully saturated rings. The van der Waals surface area contributed by atoms with Crippen LogP contribution in [0.4, 0.5) is 11.4 Å². The van der Waals surface area contributed by atoms with Crippen molar-refractivity contribution in [2.24, 2.45) is 0 Å². The number of amides is 2. The third kappa shape index (κ3) is 6.59. The van der Waals surface area contributed by atoms with Gasteiger partial charge in [-0.15, -0.1) is 0 Å². The lowest BCUT2D eigenvalue weighted by Gasteiger charge is -2.20. The van der Waals surface area contributed by atoms with E-state index in [-0.39, 0.29) is 18.4 Å². The number of ether oxygens (including phenoxy) is 1. The van der Waals surface area contributed by atoms with E-state index in [1.165, 1.54) is 12.8 Å². The third-order valence-electron chi connectivity index (χ3n) is 5.60. The molecule has 6 heteroatoms. The molecule has 0 radical (unpaired) electrons. The topological polar surface area (TPSA) is 70.7 Å². The van der Waals surface area contributed by atoms with Crippen molar-refractivity contribution in [2.75, 3.05) is 30.3 Å². The van der Waals surface area contributed by atoms with Gasteiger partial charge < -0.3 is 20.3 Å². The first-order valence-corrected chi connectivity index (χ1v) is 11.4. The van der Waals surface area contributed by atoms with Crippen LogP contribution in [0.1, 0.15) is 36.0 Å². The maximum Gasteiger partial charge on any atom is 0.253 e. The molecule has 1 aliphatic rings. The first-order chi connectivity index (χ1) is 16.2. The van der Waals surface area contributed by atoms with Crippen LogP contribution in [0.2, 0.25) is 0 Å². The van der Waals surface area contributed by atoms with Crippen molar-refractivity contribution in [3.63, 3.8) is 0 Å². The molecule has 1 heterocycles. The van der Waals surface area contributed by atoms with Gasteiger partial charge in [-0.3, -0.25) is 9.59 Å². The summed E-state index contributed by atoms with van der Waals surface area (Å²) >= 11 is 0. The summed E-state index contributed by atoms with van der Waals surface area (Å²) in [5.74, 6) is 1.41. The summed E-state index contributed by atoms with van der Waals surface area (Å²) in [5.41, 5.74) is 2.15. The van der Waals surface area contributed by atoms with E-state index in [2.05, 4.69) is 10.6 Å². The van der Waals surface area contributed by atoms with Crippen LogP contribution in [0.3, 0.4) is 0 Å². The van der Waals surface area contributed by atoms with Gasteiger partial charge in [0.2, 0.25) is 5.91 Å². The van der Waals surface area contributed by atoms with Crippen molar-refractivity contribution < 1.29 is 14.3 Å². The van der Waals surface area contributed by atoms with Crippen LogP contribution in [0.5, 0.6) is 11.5 Å². The van der Waals surface area contributed by atoms with E-state index in [9.17, 15) is 9.59 Å². The van der Waals surface area contributed by atoms with E-state index in [0.29, 0.717) is 11.3 Å². The maximum atomic E-state index is 12.7. The highest BCUT2D eigenvalue weighted by Gasteiger charge is 2.17. The van der Waals surface area contributed by atoms with Gasteiger partial charge in [-0.05, 0) is 73.5 Å². The Bertz CT molecular complexity index is 1040. The van der Waals surface area contributed by atoms with E-state index in [0.717, 1.165) is 43.1 Å². The first kappa shape index (κ1) is 22.4. The van der Waals surface area contributed by atoms with Gasteiger partial charge in [0.1, 0.15) is 11.5 Å². The Morgan fingerprint density at radius 2 is 1.33 bits per heavy atom. The van der Waals surface area contributed by atoms with E-state index < -0.39 is 0 Å². The Morgan fingerprint density at radius 3 is 2.00 bits per heavy atom. The molecular formula is C27H29N3O3. The molecule has 2 N–H and O–H groups in total. The molecule has 0 bridgehead atoms. The summed E-state index contributed by atoms with van der Waals surface area (Å²) in [5, 5.41) is 5.97. The quantitative estimate of drug-likeness (QED) is 0.503. The lowest BCUT2D eigenvalue weighted by Crippen LogP contribution is -2.31. The SMILES string of the molecule is O=C(CNc1ccc(Oc2ccccc2)cc1)Nc1ccc(C(=O)N2CCCCCC2)cc1. The maximum absolute atomic E-state index is 12.7. The van der Waals surface area contributed by atoms with E-state index in [1.807, 2.05) is 59.5 Å². The van der Waals surface area contributed by atoms with Gasteiger partial charge in [-0.25, -0.2) is 0 Å². The Labute approximate surface area is 194 Å². The fourth-order valence-corrected chi connectivity index (χ4v) is 3.81. The molecule has 0 aliphatic carbocycles. The molecule has 4 rings (SSSR count). The van der Waals surface area contributed by atoms with Crippen molar-refractivity contribution >= 4 is 23.2 Å². The molecule has 170 valence electrons. The minimum Gasteiger partial charge on any atom is -0.457 e. The fraction of sp³-hybridized carbons (Fsp3) is 0.259. The highest BCUT2D eigenvalue weighted by Crippen LogP contribution is 2.22. The van der Waals surface area contributed by atoms with E-state index in [4.69, 9.17) is 4.74 Å². The lowest BCUT2D eigenvalue weighted by atomic mass is 10.1. The molecule has 0 unspecified atom stereocenters. The van der Waals surface area contributed by atoms with Gasteiger partial charge in [-0.1, -0.05) is 31.0 Å². The number of carbonyl (C=O) groups is 2. The number of carbonyl (C=O) groups excluding carboxylic acids is 2. The van der Waals surface area contributed by atoms with Crippen molar-refractivity contribution in [1.82, 2.24) is 4.90 Å². The molecular weight excluding hydrogens is 414 g/mol. The molecule has 1 saturated heterocycles. The molecule has 1 aliphatic heterocycles. The largest absolute Gasteiger partial charge is 0.457 e. The summed E-state index contributed by atoms with van der Waals surface area (Å²) in [6.45, 7) is 1.78. The summed E-state index contributed by atoms with van der Waals surface area (Å²) in [7, 11) is 0. The molecule has 0 saturated carbocycles. The number of nitrogens with zero attached hydrogens (tertiary/aromatic N) is 1. The normalized spacial score (nSPS) is 13.6. The molecule has 33 heavy (non-hydrogen) atoms. The van der Waals surface area contributed by atoms with Gasteiger partial charge >= 0.3 is 0 Å². The second-order valence-electron chi connectivity index (χ2n) is 8.12. The minimum atomic E-state index is -0.161. The van der Waals surface area contributed by atoms with E-state index >= 15 is 0 Å². The number of anilines is 2. The van der Waals surface area contributed by atoms with E-state index in [1.54, 1.807) is 24.3 Å².